The Hall–Kier alpha value is 0.660. The predicted molar refractivity (Wildman–Crippen MR) is 39.7 cm³/mol. The molecule has 7 heavy (non-hydrogen) atoms. The second kappa shape index (κ2) is 4.81. The van der Waals surface area contributed by atoms with E-state index in [0.29, 0.717) is 6.04 Å². The van der Waals surface area contributed by atoms with Gasteiger partial charge in [0.25, 0.3) is 0 Å². The van der Waals surface area contributed by atoms with E-state index in [-0.39, 0.29) is 0 Å². The first-order valence-electron chi connectivity index (χ1n) is 2.29. The van der Waals surface area contributed by atoms with Crippen molar-refractivity contribution in [3.63, 3.8) is 0 Å². The van der Waals surface area contributed by atoms with Gasteiger partial charge in [-0.2, -0.15) is 0 Å². The number of nitrogens with two attached hydrogens (primary N) is 1. The Kier molecular flexibility index (Phi) is 5.26. The summed E-state index contributed by atoms with van der Waals surface area (Å²) < 4.78 is 0. The van der Waals surface area contributed by atoms with Gasteiger partial charge in [-0.05, 0) is 13.3 Å². The zero-order valence-electron chi connectivity index (χ0n) is 4.42. The molecule has 0 aliphatic heterocycles. The Balaban J connectivity index is 2.68. The molecule has 0 bridgehead atoms. The van der Waals surface area contributed by atoms with Crippen LogP contribution in [-0.2, 0) is 0 Å². The Morgan fingerprint density at radius 2 is 2.43 bits per heavy atom. The van der Waals surface area contributed by atoms with Crippen LogP contribution in [0, 0.1) is 0 Å². The number of rotatable bonds is 3. The van der Waals surface area contributed by atoms with Crippen LogP contribution in [0.4, 0.5) is 0 Å². The monoisotopic (exact) mass is 137 g/mol. The molecule has 1 unspecified atom stereocenters. The quantitative estimate of drug-likeness (QED) is 0.453. The van der Waals surface area contributed by atoms with Gasteiger partial charge in [-0.15, -0.1) is 11.7 Å². The Bertz CT molecular complexity index is 38.7. The number of hydrogen-bond acceptors (Lipinski definition) is 3. The van der Waals surface area contributed by atoms with Crippen molar-refractivity contribution in [1.82, 2.24) is 0 Å². The van der Waals surface area contributed by atoms with E-state index in [1.54, 1.807) is 10.8 Å². The van der Waals surface area contributed by atoms with Gasteiger partial charge < -0.3 is 5.73 Å². The van der Waals surface area contributed by atoms with Gasteiger partial charge in [-0.3, -0.25) is 0 Å². The maximum absolute atomic E-state index is 5.43. The van der Waals surface area contributed by atoms with Gasteiger partial charge in [0.05, 0.1) is 0 Å². The molecule has 2 N–H and O–H groups in total. The minimum Gasteiger partial charge on any atom is -0.328 e. The van der Waals surface area contributed by atoms with Crippen molar-refractivity contribution < 1.29 is 0 Å². The fourth-order valence-electron chi connectivity index (χ4n) is 0.239. The fraction of sp³-hybridized carbons (Fsp3) is 1.00. The summed E-state index contributed by atoms with van der Waals surface area (Å²) in [7, 11) is 1.54. The van der Waals surface area contributed by atoms with Crippen LogP contribution in [0.5, 0.6) is 0 Å². The molecule has 1 nitrogen and oxygen atoms in total. The Labute approximate surface area is 53.9 Å². The molecule has 0 aliphatic rings. The first-order chi connectivity index (χ1) is 3.27. The summed E-state index contributed by atoms with van der Waals surface area (Å²) in [6, 6.07) is 0.333. The predicted octanol–water partition coefficient (Wildman–Crippen LogP) is 1.30. The van der Waals surface area contributed by atoms with Crippen molar-refractivity contribution in [3.05, 3.63) is 0 Å². The lowest BCUT2D eigenvalue weighted by Gasteiger charge is -1.98. The molecule has 44 valence electrons. The smallest absolute Gasteiger partial charge is 0.00491 e. The Morgan fingerprint density at radius 1 is 1.86 bits per heavy atom. The largest absolute Gasteiger partial charge is 0.328 e. The number of thiol groups is 1. The van der Waals surface area contributed by atoms with Crippen LogP contribution in [0.1, 0.15) is 13.3 Å². The zero-order chi connectivity index (χ0) is 5.70. The SMILES string of the molecule is CC(N)CCSS. The molecule has 0 saturated carbocycles. The van der Waals surface area contributed by atoms with Crippen molar-refractivity contribution in [2.45, 2.75) is 19.4 Å². The van der Waals surface area contributed by atoms with Crippen LogP contribution < -0.4 is 5.73 Å². The lowest BCUT2D eigenvalue weighted by Crippen LogP contribution is -2.14. The van der Waals surface area contributed by atoms with E-state index in [1.165, 1.54) is 0 Å². The molecular formula is C4H11NS2. The summed E-state index contributed by atoms with van der Waals surface area (Å²) >= 11 is 3.96. The average Bonchev–Trinajstić information content (AvgIpc) is 1.61. The van der Waals surface area contributed by atoms with Crippen molar-refractivity contribution in [1.29, 1.82) is 0 Å². The van der Waals surface area contributed by atoms with Gasteiger partial charge in [-0.1, -0.05) is 10.8 Å². The summed E-state index contributed by atoms with van der Waals surface area (Å²) in [6.45, 7) is 2.00. The summed E-state index contributed by atoms with van der Waals surface area (Å²) in [5.74, 6) is 1.06. The molecule has 0 spiro atoms. The van der Waals surface area contributed by atoms with Gasteiger partial charge in [0.1, 0.15) is 0 Å². The van der Waals surface area contributed by atoms with Crippen molar-refractivity contribution in [2.75, 3.05) is 5.75 Å². The van der Waals surface area contributed by atoms with E-state index in [9.17, 15) is 0 Å². The third-order valence-electron chi connectivity index (χ3n) is 0.664. The van der Waals surface area contributed by atoms with Crippen LogP contribution in [0.2, 0.25) is 0 Å². The normalized spacial score (nSPS) is 14.1. The molecule has 0 heterocycles. The highest BCUT2D eigenvalue weighted by Crippen LogP contribution is 2.06. The maximum Gasteiger partial charge on any atom is 0.00491 e. The molecule has 0 aromatic carbocycles. The van der Waals surface area contributed by atoms with Crippen molar-refractivity contribution >= 4 is 22.5 Å². The molecule has 3 heteroatoms. The van der Waals surface area contributed by atoms with Crippen LogP contribution in [0.15, 0.2) is 0 Å². The molecule has 0 aromatic heterocycles. The first kappa shape index (κ1) is 7.66. The van der Waals surface area contributed by atoms with E-state index < -0.39 is 0 Å². The van der Waals surface area contributed by atoms with E-state index in [0.717, 1.165) is 12.2 Å². The van der Waals surface area contributed by atoms with Crippen molar-refractivity contribution in [2.24, 2.45) is 5.73 Å². The molecule has 0 radical (unpaired) electrons. The van der Waals surface area contributed by atoms with Crippen LogP contribution in [0.25, 0.3) is 0 Å². The van der Waals surface area contributed by atoms with Crippen molar-refractivity contribution in [3.8, 4) is 0 Å². The third kappa shape index (κ3) is 6.66. The second-order valence-corrected chi connectivity index (χ2v) is 3.04. The third-order valence-corrected chi connectivity index (χ3v) is 1.63. The van der Waals surface area contributed by atoms with E-state index in [4.69, 9.17) is 5.73 Å². The molecule has 1 atom stereocenters. The van der Waals surface area contributed by atoms with Gasteiger partial charge in [0.15, 0.2) is 0 Å². The molecule has 0 aliphatic carbocycles. The van der Waals surface area contributed by atoms with Gasteiger partial charge in [0, 0.05) is 11.8 Å². The minimum atomic E-state index is 0.333. The highest BCUT2D eigenvalue weighted by Gasteiger charge is 1.89. The molecule has 0 saturated heterocycles. The highest BCUT2D eigenvalue weighted by atomic mass is 33.1. The second-order valence-electron chi connectivity index (χ2n) is 1.60. The van der Waals surface area contributed by atoms with Crippen LogP contribution in [0.3, 0.4) is 0 Å². The first-order valence-corrected chi connectivity index (χ1v) is 4.33. The van der Waals surface area contributed by atoms with Gasteiger partial charge >= 0.3 is 0 Å². The topological polar surface area (TPSA) is 26.0 Å². The van der Waals surface area contributed by atoms with Gasteiger partial charge in [0.2, 0.25) is 0 Å². The van der Waals surface area contributed by atoms with Gasteiger partial charge in [-0.25, -0.2) is 0 Å². The summed E-state index contributed by atoms with van der Waals surface area (Å²) in [5, 5.41) is 0. The molecule has 0 rings (SSSR count). The summed E-state index contributed by atoms with van der Waals surface area (Å²) in [4.78, 5) is 0. The van der Waals surface area contributed by atoms with E-state index >= 15 is 0 Å². The van der Waals surface area contributed by atoms with Crippen LogP contribution in [-0.4, -0.2) is 11.8 Å². The number of hydrogen-bond donors (Lipinski definition) is 2. The average molecular weight is 137 g/mol. The molecule has 0 fully saturated rings. The molecule has 0 aromatic rings. The zero-order valence-corrected chi connectivity index (χ0v) is 6.14. The standard InChI is InChI=1S/C4H11NS2/c1-4(5)2-3-7-6/h4,6H,2-3,5H2,1H3. The van der Waals surface area contributed by atoms with E-state index in [1.807, 2.05) is 6.92 Å². The highest BCUT2D eigenvalue weighted by molar-refractivity contribution is 8.68. The lowest BCUT2D eigenvalue weighted by molar-refractivity contribution is 0.722. The van der Waals surface area contributed by atoms with Crippen LogP contribution >= 0.6 is 22.5 Å². The lowest BCUT2D eigenvalue weighted by atomic mass is 10.3. The minimum absolute atomic E-state index is 0.333. The summed E-state index contributed by atoms with van der Waals surface area (Å²) in [6.07, 6.45) is 1.06. The van der Waals surface area contributed by atoms with E-state index in [2.05, 4.69) is 11.7 Å². The molecule has 0 amide bonds. The molecular weight excluding hydrogens is 126 g/mol. The Morgan fingerprint density at radius 3 is 2.57 bits per heavy atom. The summed E-state index contributed by atoms with van der Waals surface area (Å²) in [5.41, 5.74) is 5.43. The fourth-order valence-corrected chi connectivity index (χ4v) is 1.03. The maximum atomic E-state index is 5.43.